The second-order valence-corrected chi connectivity index (χ2v) is 5.13. The molecule has 2 aromatic rings. The van der Waals surface area contributed by atoms with E-state index in [1.165, 1.54) is 12.1 Å². The van der Waals surface area contributed by atoms with Gasteiger partial charge in [0.1, 0.15) is 11.6 Å². The highest BCUT2D eigenvalue weighted by Gasteiger charge is 2.10. The predicted octanol–water partition coefficient (Wildman–Crippen LogP) is 3.82. The van der Waals surface area contributed by atoms with Gasteiger partial charge in [-0.15, -0.1) is 11.8 Å². The van der Waals surface area contributed by atoms with Crippen molar-refractivity contribution in [3.8, 4) is 5.75 Å². The van der Waals surface area contributed by atoms with Crippen molar-refractivity contribution in [1.82, 2.24) is 0 Å². The first-order valence-corrected chi connectivity index (χ1v) is 6.87. The van der Waals surface area contributed by atoms with Crippen molar-refractivity contribution >= 4 is 17.7 Å². The van der Waals surface area contributed by atoms with Crippen molar-refractivity contribution < 1.29 is 19.0 Å². The van der Waals surface area contributed by atoms with Crippen LogP contribution in [-0.4, -0.2) is 18.2 Å². The molecule has 104 valence electrons. The molecule has 0 radical (unpaired) electrons. The summed E-state index contributed by atoms with van der Waals surface area (Å²) in [5, 5.41) is 8.76. The fourth-order valence-corrected chi connectivity index (χ4v) is 2.50. The highest BCUT2D eigenvalue weighted by atomic mass is 32.2. The van der Waals surface area contributed by atoms with Crippen molar-refractivity contribution in [2.24, 2.45) is 0 Å². The molecule has 0 aliphatic rings. The molecule has 1 N–H and O–H groups in total. The molecule has 0 aliphatic carbocycles. The Morgan fingerprint density at radius 2 is 1.95 bits per heavy atom. The summed E-state index contributed by atoms with van der Waals surface area (Å²) in [6.45, 7) is 0. The minimum atomic E-state index is -1.25. The zero-order chi connectivity index (χ0) is 14.5. The summed E-state index contributed by atoms with van der Waals surface area (Å²) in [5.41, 5.74) is 0.441. The molecule has 5 heteroatoms. The summed E-state index contributed by atoms with van der Waals surface area (Å²) >= 11 is 1.55. The van der Waals surface area contributed by atoms with Gasteiger partial charge in [0.05, 0.1) is 12.7 Å². The lowest BCUT2D eigenvalue weighted by Gasteiger charge is -2.05. The van der Waals surface area contributed by atoms with Gasteiger partial charge in [-0.1, -0.05) is 6.07 Å². The quantitative estimate of drug-likeness (QED) is 0.851. The summed E-state index contributed by atoms with van der Waals surface area (Å²) in [7, 11) is 1.61. The Labute approximate surface area is 120 Å². The van der Waals surface area contributed by atoms with Crippen LogP contribution < -0.4 is 4.74 Å². The maximum Gasteiger partial charge on any atom is 0.338 e. The minimum absolute atomic E-state index is 0.303. The van der Waals surface area contributed by atoms with Gasteiger partial charge in [-0.3, -0.25) is 0 Å². The molecule has 0 spiro atoms. The van der Waals surface area contributed by atoms with E-state index in [-0.39, 0.29) is 5.56 Å². The van der Waals surface area contributed by atoms with E-state index in [1.54, 1.807) is 24.9 Å². The standard InChI is InChI=1S/C15H13FO3S/c1-19-11-3-5-12(6-4-11)20-9-10-2-7-13(15(17)18)14(16)8-10/h2-8H,9H2,1H3,(H,17,18). The van der Waals surface area contributed by atoms with Crippen LogP contribution in [-0.2, 0) is 5.75 Å². The number of carboxylic acid groups (broad SMARTS) is 1. The zero-order valence-electron chi connectivity index (χ0n) is 10.8. The first-order valence-electron chi connectivity index (χ1n) is 5.88. The van der Waals surface area contributed by atoms with E-state index in [1.807, 2.05) is 24.3 Å². The Balaban J connectivity index is 2.03. The molecule has 2 rings (SSSR count). The molecule has 0 bridgehead atoms. The number of halogens is 1. The van der Waals surface area contributed by atoms with Crippen LogP contribution in [0.3, 0.4) is 0 Å². The molecule has 0 saturated heterocycles. The van der Waals surface area contributed by atoms with Crippen LogP contribution in [0.25, 0.3) is 0 Å². The zero-order valence-corrected chi connectivity index (χ0v) is 11.6. The van der Waals surface area contributed by atoms with Gasteiger partial charge in [-0.05, 0) is 42.0 Å². The average Bonchev–Trinajstić information content (AvgIpc) is 2.45. The number of carboxylic acids is 1. The third-order valence-electron chi connectivity index (χ3n) is 2.73. The highest BCUT2D eigenvalue weighted by molar-refractivity contribution is 7.98. The van der Waals surface area contributed by atoms with Crippen LogP contribution in [0, 0.1) is 5.82 Å². The maximum absolute atomic E-state index is 13.5. The van der Waals surface area contributed by atoms with Gasteiger partial charge in [-0.2, -0.15) is 0 Å². The van der Waals surface area contributed by atoms with Crippen LogP contribution in [0.1, 0.15) is 15.9 Å². The summed E-state index contributed by atoms with van der Waals surface area (Å²) in [6.07, 6.45) is 0. The smallest absolute Gasteiger partial charge is 0.338 e. The van der Waals surface area contributed by atoms with Crippen molar-refractivity contribution in [2.45, 2.75) is 10.6 Å². The van der Waals surface area contributed by atoms with E-state index in [0.717, 1.165) is 16.2 Å². The molecule has 0 heterocycles. The lowest BCUT2D eigenvalue weighted by molar-refractivity contribution is 0.0692. The number of benzene rings is 2. The van der Waals surface area contributed by atoms with E-state index in [9.17, 15) is 9.18 Å². The van der Waals surface area contributed by atoms with Crippen molar-refractivity contribution in [1.29, 1.82) is 0 Å². The Morgan fingerprint density at radius 1 is 1.25 bits per heavy atom. The maximum atomic E-state index is 13.5. The summed E-state index contributed by atoms with van der Waals surface area (Å²) < 4.78 is 18.6. The summed E-state index contributed by atoms with van der Waals surface area (Å²) in [4.78, 5) is 11.8. The number of ether oxygens (including phenoxy) is 1. The number of thioether (sulfide) groups is 1. The van der Waals surface area contributed by atoms with Crippen LogP contribution in [0.15, 0.2) is 47.4 Å². The Morgan fingerprint density at radius 3 is 2.50 bits per heavy atom. The Hall–Kier alpha value is -2.01. The van der Waals surface area contributed by atoms with Crippen molar-refractivity contribution in [2.75, 3.05) is 7.11 Å². The summed E-state index contributed by atoms with van der Waals surface area (Å²) in [5.74, 6) is -0.600. The SMILES string of the molecule is COc1ccc(SCc2ccc(C(=O)O)c(F)c2)cc1. The van der Waals surface area contributed by atoms with Gasteiger partial charge in [0.15, 0.2) is 0 Å². The van der Waals surface area contributed by atoms with Gasteiger partial charge in [0, 0.05) is 10.6 Å². The molecular formula is C15H13FO3S. The third kappa shape index (κ3) is 3.51. The average molecular weight is 292 g/mol. The fourth-order valence-electron chi connectivity index (χ4n) is 1.66. The van der Waals surface area contributed by atoms with E-state index in [4.69, 9.17) is 9.84 Å². The highest BCUT2D eigenvalue weighted by Crippen LogP contribution is 2.25. The monoisotopic (exact) mass is 292 g/mol. The van der Waals surface area contributed by atoms with Crippen LogP contribution >= 0.6 is 11.8 Å². The molecule has 0 atom stereocenters. The van der Waals surface area contributed by atoms with Gasteiger partial charge >= 0.3 is 5.97 Å². The molecule has 0 unspecified atom stereocenters. The largest absolute Gasteiger partial charge is 0.497 e. The van der Waals surface area contributed by atoms with Gasteiger partial charge in [-0.25, -0.2) is 9.18 Å². The number of carbonyl (C=O) groups is 1. The first kappa shape index (κ1) is 14.4. The molecule has 20 heavy (non-hydrogen) atoms. The molecule has 3 nitrogen and oxygen atoms in total. The Bertz CT molecular complexity index is 611. The fraction of sp³-hybridized carbons (Fsp3) is 0.133. The van der Waals surface area contributed by atoms with Gasteiger partial charge in [0.2, 0.25) is 0 Å². The number of hydrogen-bond donors (Lipinski definition) is 1. The molecule has 0 aromatic heterocycles. The van der Waals surface area contributed by atoms with Crippen molar-refractivity contribution in [3.63, 3.8) is 0 Å². The number of methoxy groups -OCH3 is 1. The number of rotatable bonds is 5. The molecule has 2 aromatic carbocycles. The third-order valence-corrected chi connectivity index (χ3v) is 3.81. The molecule has 0 aliphatic heterocycles. The van der Waals surface area contributed by atoms with E-state index < -0.39 is 11.8 Å². The number of hydrogen-bond acceptors (Lipinski definition) is 3. The molecule has 0 amide bonds. The Kier molecular flexibility index (Phi) is 4.63. The van der Waals surface area contributed by atoms with E-state index in [0.29, 0.717) is 5.75 Å². The summed E-state index contributed by atoms with van der Waals surface area (Å²) in [6, 6.07) is 11.7. The lowest BCUT2D eigenvalue weighted by Crippen LogP contribution is -2.00. The van der Waals surface area contributed by atoms with Crippen LogP contribution in [0.5, 0.6) is 5.75 Å². The predicted molar refractivity (Wildman–Crippen MR) is 75.9 cm³/mol. The molecule has 0 saturated carbocycles. The van der Waals surface area contributed by atoms with E-state index in [2.05, 4.69) is 0 Å². The second-order valence-electron chi connectivity index (χ2n) is 4.08. The first-order chi connectivity index (χ1) is 9.60. The normalized spacial score (nSPS) is 10.3. The van der Waals surface area contributed by atoms with E-state index >= 15 is 0 Å². The second kappa shape index (κ2) is 6.43. The minimum Gasteiger partial charge on any atom is -0.497 e. The molecular weight excluding hydrogens is 279 g/mol. The van der Waals surface area contributed by atoms with Gasteiger partial charge in [0.25, 0.3) is 0 Å². The molecule has 0 fully saturated rings. The van der Waals surface area contributed by atoms with Crippen molar-refractivity contribution in [3.05, 3.63) is 59.4 Å². The van der Waals surface area contributed by atoms with Crippen LogP contribution in [0.4, 0.5) is 4.39 Å². The topological polar surface area (TPSA) is 46.5 Å². The van der Waals surface area contributed by atoms with Crippen LogP contribution in [0.2, 0.25) is 0 Å². The van der Waals surface area contributed by atoms with Gasteiger partial charge < -0.3 is 9.84 Å². The number of aromatic carboxylic acids is 1. The lowest BCUT2D eigenvalue weighted by atomic mass is 10.1.